The summed E-state index contributed by atoms with van der Waals surface area (Å²) in [5, 5.41) is 0. The molecule has 3 aromatic rings. The van der Waals surface area contributed by atoms with Gasteiger partial charge in [0.1, 0.15) is 5.75 Å². The van der Waals surface area contributed by atoms with E-state index in [9.17, 15) is 9.59 Å². The number of rotatable bonds is 6. The van der Waals surface area contributed by atoms with Crippen LogP contribution in [0.2, 0.25) is 0 Å². The predicted octanol–water partition coefficient (Wildman–Crippen LogP) is 4.02. The molecule has 6 nitrogen and oxygen atoms in total. The molecular weight excluding hydrogens is 388 g/mol. The van der Waals surface area contributed by atoms with E-state index in [2.05, 4.69) is 4.99 Å². The molecule has 2 aromatic carbocycles. The molecule has 29 heavy (non-hydrogen) atoms. The van der Waals surface area contributed by atoms with E-state index in [1.54, 1.807) is 20.1 Å². The van der Waals surface area contributed by atoms with Crippen molar-refractivity contribution in [3.63, 3.8) is 0 Å². The highest BCUT2D eigenvalue weighted by Gasteiger charge is 2.13. The molecular formula is C22H24N2O4S. The van der Waals surface area contributed by atoms with Crippen LogP contribution >= 0.6 is 11.3 Å². The van der Waals surface area contributed by atoms with E-state index >= 15 is 0 Å². The second-order valence-corrected chi connectivity index (χ2v) is 7.67. The van der Waals surface area contributed by atoms with E-state index in [1.165, 1.54) is 11.3 Å². The summed E-state index contributed by atoms with van der Waals surface area (Å²) >= 11 is 1.39. The summed E-state index contributed by atoms with van der Waals surface area (Å²) in [6.45, 7) is 6.39. The molecule has 0 fully saturated rings. The highest BCUT2D eigenvalue weighted by molar-refractivity contribution is 7.16. The van der Waals surface area contributed by atoms with Gasteiger partial charge in [-0.15, -0.1) is 0 Å². The van der Waals surface area contributed by atoms with Gasteiger partial charge in [0, 0.05) is 12.1 Å². The molecule has 1 aromatic heterocycles. The molecule has 152 valence electrons. The van der Waals surface area contributed by atoms with Crippen LogP contribution in [-0.4, -0.2) is 30.2 Å². The second-order valence-electron chi connectivity index (χ2n) is 6.66. The smallest absolute Gasteiger partial charge is 0.307 e. The number of nitrogens with zero attached hydrogens (tertiary/aromatic N) is 2. The van der Waals surface area contributed by atoms with Crippen LogP contribution in [0.15, 0.2) is 41.4 Å². The Hall–Kier alpha value is -2.93. The van der Waals surface area contributed by atoms with Crippen LogP contribution in [0, 0.1) is 13.8 Å². The topological polar surface area (TPSA) is 69.9 Å². The van der Waals surface area contributed by atoms with E-state index in [4.69, 9.17) is 9.47 Å². The van der Waals surface area contributed by atoms with Crippen molar-refractivity contribution in [2.75, 3.05) is 13.7 Å². The normalized spacial score (nSPS) is 11.7. The minimum Gasteiger partial charge on any atom is -0.497 e. The Balaban J connectivity index is 2.06. The van der Waals surface area contributed by atoms with Gasteiger partial charge in [-0.1, -0.05) is 29.0 Å². The number of benzene rings is 2. The summed E-state index contributed by atoms with van der Waals surface area (Å²) in [7, 11) is 1.61. The lowest BCUT2D eigenvalue weighted by Crippen LogP contribution is -2.19. The largest absolute Gasteiger partial charge is 0.497 e. The fourth-order valence-corrected chi connectivity index (χ4v) is 4.20. The molecule has 0 aliphatic heterocycles. The summed E-state index contributed by atoms with van der Waals surface area (Å²) < 4.78 is 13.2. The molecule has 0 saturated heterocycles. The second kappa shape index (κ2) is 9.05. The average molecular weight is 413 g/mol. The number of carbonyl (C=O) groups is 2. The van der Waals surface area contributed by atoms with Crippen LogP contribution in [0.5, 0.6) is 5.75 Å². The molecule has 0 N–H and O–H groups in total. The van der Waals surface area contributed by atoms with Crippen LogP contribution in [0.25, 0.3) is 10.2 Å². The Bertz CT molecular complexity index is 1130. The zero-order chi connectivity index (χ0) is 21.0. The Morgan fingerprint density at radius 1 is 1.14 bits per heavy atom. The summed E-state index contributed by atoms with van der Waals surface area (Å²) in [5.41, 5.74) is 3.45. The van der Waals surface area contributed by atoms with Crippen molar-refractivity contribution in [1.29, 1.82) is 0 Å². The van der Waals surface area contributed by atoms with Gasteiger partial charge in [0.2, 0.25) is 0 Å². The molecule has 0 spiro atoms. The van der Waals surface area contributed by atoms with Gasteiger partial charge in [0.15, 0.2) is 4.80 Å². The third-order valence-electron chi connectivity index (χ3n) is 4.54. The van der Waals surface area contributed by atoms with Crippen molar-refractivity contribution >= 4 is 33.4 Å². The van der Waals surface area contributed by atoms with Gasteiger partial charge in [0.05, 0.1) is 30.4 Å². The lowest BCUT2D eigenvalue weighted by Gasteiger charge is -2.06. The van der Waals surface area contributed by atoms with Crippen LogP contribution in [0.1, 0.15) is 34.8 Å². The number of esters is 1. The third-order valence-corrected chi connectivity index (χ3v) is 5.59. The number of aryl methyl sites for hydroxylation is 3. The maximum Gasteiger partial charge on any atom is 0.307 e. The van der Waals surface area contributed by atoms with Gasteiger partial charge in [-0.2, -0.15) is 4.99 Å². The minimum atomic E-state index is -0.300. The van der Waals surface area contributed by atoms with Crippen molar-refractivity contribution in [3.8, 4) is 5.75 Å². The van der Waals surface area contributed by atoms with Crippen molar-refractivity contribution in [3.05, 3.63) is 57.9 Å². The molecule has 3 rings (SSSR count). The zero-order valence-corrected chi connectivity index (χ0v) is 17.8. The number of hydrogen-bond donors (Lipinski definition) is 0. The highest BCUT2D eigenvalue weighted by Crippen LogP contribution is 2.23. The Morgan fingerprint density at radius 3 is 2.62 bits per heavy atom. The number of hydrogen-bond acceptors (Lipinski definition) is 5. The van der Waals surface area contributed by atoms with E-state index in [-0.39, 0.29) is 18.3 Å². The van der Waals surface area contributed by atoms with Crippen molar-refractivity contribution < 1.29 is 19.1 Å². The maximum atomic E-state index is 12.8. The van der Waals surface area contributed by atoms with Crippen LogP contribution < -0.4 is 9.54 Å². The number of methoxy groups -OCH3 is 1. The Morgan fingerprint density at radius 2 is 1.93 bits per heavy atom. The Kier molecular flexibility index (Phi) is 6.49. The molecule has 0 atom stereocenters. The molecule has 0 aliphatic carbocycles. The van der Waals surface area contributed by atoms with E-state index in [0.29, 0.717) is 23.5 Å². The maximum absolute atomic E-state index is 12.8. The standard InChI is InChI=1S/C22H24N2O4S/c1-5-28-20(25)10-11-24-18-9-7-16(27-4)13-19(18)29-22(24)23-21(26)17-8-6-14(2)12-15(17)3/h6-9,12-13H,5,10-11H2,1-4H3. The first-order valence-electron chi connectivity index (χ1n) is 9.42. The van der Waals surface area contributed by atoms with E-state index < -0.39 is 0 Å². The van der Waals surface area contributed by atoms with Gasteiger partial charge in [-0.25, -0.2) is 0 Å². The lowest BCUT2D eigenvalue weighted by atomic mass is 10.1. The molecule has 0 unspecified atom stereocenters. The first-order valence-corrected chi connectivity index (χ1v) is 10.2. The van der Waals surface area contributed by atoms with E-state index in [1.807, 2.05) is 48.7 Å². The number of thiazole rings is 1. The van der Waals surface area contributed by atoms with Crippen LogP contribution in [-0.2, 0) is 16.1 Å². The van der Waals surface area contributed by atoms with Crippen LogP contribution in [0.4, 0.5) is 0 Å². The molecule has 0 aliphatic rings. The molecule has 1 heterocycles. The number of carbonyl (C=O) groups excluding carboxylic acids is 2. The summed E-state index contributed by atoms with van der Waals surface area (Å²) in [5.74, 6) is 0.147. The SMILES string of the molecule is CCOC(=O)CCn1c(=NC(=O)c2ccc(C)cc2C)sc2cc(OC)ccc21. The monoisotopic (exact) mass is 412 g/mol. The Labute approximate surface area is 173 Å². The number of amides is 1. The van der Waals surface area contributed by atoms with Gasteiger partial charge >= 0.3 is 5.97 Å². The van der Waals surface area contributed by atoms with Gasteiger partial charge in [-0.05, 0) is 50.6 Å². The average Bonchev–Trinajstić information content (AvgIpc) is 3.02. The molecule has 1 amide bonds. The van der Waals surface area contributed by atoms with Crippen molar-refractivity contribution in [2.24, 2.45) is 4.99 Å². The molecule has 0 saturated carbocycles. The quantitative estimate of drug-likeness (QED) is 0.574. The van der Waals surface area contributed by atoms with Gasteiger partial charge in [0.25, 0.3) is 5.91 Å². The highest BCUT2D eigenvalue weighted by atomic mass is 32.1. The summed E-state index contributed by atoms with van der Waals surface area (Å²) in [4.78, 5) is 29.6. The minimum absolute atomic E-state index is 0.205. The fourth-order valence-electron chi connectivity index (χ4n) is 3.12. The van der Waals surface area contributed by atoms with Gasteiger partial charge < -0.3 is 14.0 Å². The fraction of sp³-hybridized carbons (Fsp3) is 0.318. The first-order chi connectivity index (χ1) is 13.9. The van der Waals surface area contributed by atoms with Crippen molar-refractivity contribution in [1.82, 2.24) is 4.57 Å². The zero-order valence-electron chi connectivity index (χ0n) is 17.0. The predicted molar refractivity (Wildman–Crippen MR) is 113 cm³/mol. The molecule has 0 radical (unpaired) electrons. The summed E-state index contributed by atoms with van der Waals surface area (Å²) in [6.07, 6.45) is 0.205. The van der Waals surface area contributed by atoms with Crippen molar-refractivity contribution in [2.45, 2.75) is 33.7 Å². The van der Waals surface area contributed by atoms with Gasteiger partial charge in [-0.3, -0.25) is 9.59 Å². The van der Waals surface area contributed by atoms with Crippen LogP contribution in [0.3, 0.4) is 0 Å². The number of fused-ring (bicyclic) bond motifs is 1. The van der Waals surface area contributed by atoms with E-state index in [0.717, 1.165) is 27.1 Å². The summed E-state index contributed by atoms with van der Waals surface area (Å²) in [6, 6.07) is 11.3. The first kappa shape index (κ1) is 20.8. The lowest BCUT2D eigenvalue weighted by molar-refractivity contribution is -0.143. The molecule has 0 bridgehead atoms. The third kappa shape index (κ3) is 4.74. The number of aromatic nitrogens is 1. The molecule has 7 heteroatoms. The number of ether oxygens (including phenoxy) is 2.